The van der Waals surface area contributed by atoms with Crippen molar-refractivity contribution in [1.29, 1.82) is 0 Å². The largest absolute Gasteiger partial charge is 0.462 e. The standard InChI is InChI=1S/C5H9BrO3/c6-2-1-5(3-7)9-4-8/h4-5,7H,1-3H2. The van der Waals surface area contributed by atoms with Gasteiger partial charge in [0.2, 0.25) is 0 Å². The van der Waals surface area contributed by atoms with Gasteiger partial charge in [0, 0.05) is 5.33 Å². The van der Waals surface area contributed by atoms with E-state index < -0.39 is 0 Å². The molecule has 1 unspecified atom stereocenters. The normalized spacial score (nSPS) is 12.7. The highest BCUT2D eigenvalue weighted by atomic mass is 79.9. The lowest BCUT2D eigenvalue weighted by molar-refractivity contribution is -0.135. The molecule has 0 amide bonds. The Morgan fingerprint density at radius 1 is 1.78 bits per heavy atom. The Kier molecular flexibility index (Phi) is 5.98. The molecule has 0 aromatic carbocycles. The fourth-order valence-electron chi connectivity index (χ4n) is 0.403. The van der Waals surface area contributed by atoms with E-state index in [2.05, 4.69) is 20.7 Å². The van der Waals surface area contributed by atoms with Crippen molar-refractivity contribution in [2.45, 2.75) is 12.5 Å². The minimum Gasteiger partial charge on any atom is -0.462 e. The van der Waals surface area contributed by atoms with Crippen LogP contribution in [0.3, 0.4) is 0 Å². The van der Waals surface area contributed by atoms with Crippen molar-refractivity contribution in [3.63, 3.8) is 0 Å². The van der Waals surface area contributed by atoms with E-state index >= 15 is 0 Å². The molecular formula is C5H9BrO3. The highest BCUT2D eigenvalue weighted by Crippen LogP contribution is 1.98. The predicted molar refractivity (Wildman–Crippen MR) is 36.4 cm³/mol. The molecule has 54 valence electrons. The van der Waals surface area contributed by atoms with Crippen LogP contribution < -0.4 is 0 Å². The van der Waals surface area contributed by atoms with Crippen LogP contribution >= 0.6 is 15.9 Å². The molecule has 0 heterocycles. The SMILES string of the molecule is O=COC(CO)CCBr. The highest BCUT2D eigenvalue weighted by Gasteiger charge is 2.04. The van der Waals surface area contributed by atoms with Crippen molar-refractivity contribution >= 4 is 22.4 Å². The van der Waals surface area contributed by atoms with Crippen molar-refractivity contribution in [1.82, 2.24) is 0 Å². The smallest absolute Gasteiger partial charge is 0.293 e. The minimum atomic E-state index is -0.345. The zero-order valence-corrected chi connectivity index (χ0v) is 6.50. The summed E-state index contributed by atoms with van der Waals surface area (Å²) in [4.78, 5) is 9.70. The third-order valence-corrected chi connectivity index (χ3v) is 1.34. The number of rotatable bonds is 5. The lowest BCUT2D eigenvalue weighted by Crippen LogP contribution is -2.17. The summed E-state index contributed by atoms with van der Waals surface area (Å²) in [6.45, 7) is 0.244. The molecular weight excluding hydrogens is 188 g/mol. The van der Waals surface area contributed by atoms with Crippen LogP contribution in [0, 0.1) is 0 Å². The molecule has 4 heteroatoms. The molecule has 0 aromatic heterocycles. The van der Waals surface area contributed by atoms with Gasteiger partial charge in [-0.05, 0) is 6.42 Å². The number of hydrogen-bond acceptors (Lipinski definition) is 3. The second-order valence-electron chi connectivity index (χ2n) is 1.51. The predicted octanol–water partition coefficient (Wildman–Crippen LogP) is 0.305. The second kappa shape index (κ2) is 6.04. The van der Waals surface area contributed by atoms with Crippen molar-refractivity contribution in [3.05, 3.63) is 0 Å². The van der Waals surface area contributed by atoms with Gasteiger partial charge in [-0.15, -0.1) is 0 Å². The second-order valence-corrected chi connectivity index (χ2v) is 2.31. The number of halogens is 1. The summed E-state index contributed by atoms with van der Waals surface area (Å²) in [5, 5.41) is 9.21. The lowest BCUT2D eigenvalue weighted by atomic mass is 10.3. The highest BCUT2D eigenvalue weighted by molar-refractivity contribution is 9.09. The first kappa shape index (κ1) is 8.91. The summed E-state index contributed by atoms with van der Waals surface area (Å²) in [7, 11) is 0. The van der Waals surface area contributed by atoms with Gasteiger partial charge in [0.15, 0.2) is 0 Å². The summed E-state index contributed by atoms with van der Waals surface area (Å²) < 4.78 is 4.47. The molecule has 0 aliphatic rings. The molecule has 0 aliphatic heterocycles. The van der Waals surface area contributed by atoms with Gasteiger partial charge >= 0.3 is 0 Å². The number of alkyl halides is 1. The molecule has 0 spiro atoms. The first-order valence-corrected chi connectivity index (χ1v) is 3.73. The van der Waals surface area contributed by atoms with Crippen LogP contribution in [0.15, 0.2) is 0 Å². The maximum absolute atomic E-state index is 9.70. The van der Waals surface area contributed by atoms with Gasteiger partial charge in [0.1, 0.15) is 6.10 Å². The summed E-state index contributed by atoms with van der Waals surface area (Å²) in [6.07, 6.45) is 0.303. The van der Waals surface area contributed by atoms with Crippen LogP contribution in [0.4, 0.5) is 0 Å². The van der Waals surface area contributed by atoms with E-state index in [-0.39, 0.29) is 12.7 Å². The summed E-state index contributed by atoms with van der Waals surface area (Å²) in [5.41, 5.74) is 0. The zero-order chi connectivity index (χ0) is 7.11. The number of hydrogen-bond donors (Lipinski definition) is 1. The van der Waals surface area contributed by atoms with Crippen LogP contribution in [0.25, 0.3) is 0 Å². The van der Waals surface area contributed by atoms with E-state index in [1.807, 2.05) is 0 Å². The molecule has 0 aliphatic carbocycles. The van der Waals surface area contributed by atoms with Gasteiger partial charge in [-0.3, -0.25) is 4.79 Å². The molecule has 1 atom stereocenters. The molecule has 1 N–H and O–H groups in total. The number of aliphatic hydroxyl groups is 1. The zero-order valence-electron chi connectivity index (χ0n) is 4.92. The molecule has 0 saturated heterocycles. The van der Waals surface area contributed by atoms with E-state index in [1.54, 1.807) is 0 Å². The molecule has 3 nitrogen and oxygen atoms in total. The molecule has 0 rings (SSSR count). The first-order chi connectivity index (χ1) is 4.35. The van der Waals surface area contributed by atoms with Crippen LogP contribution in [0.1, 0.15) is 6.42 Å². The van der Waals surface area contributed by atoms with Crippen molar-refractivity contribution < 1.29 is 14.6 Å². The number of aliphatic hydroxyl groups excluding tert-OH is 1. The van der Waals surface area contributed by atoms with Gasteiger partial charge in [-0.25, -0.2) is 0 Å². The van der Waals surface area contributed by atoms with Crippen molar-refractivity contribution in [3.8, 4) is 0 Å². The van der Waals surface area contributed by atoms with Gasteiger partial charge in [-0.1, -0.05) is 15.9 Å². The lowest BCUT2D eigenvalue weighted by Gasteiger charge is -2.08. The van der Waals surface area contributed by atoms with E-state index in [1.165, 1.54) is 0 Å². The van der Waals surface area contributed by atoms with Crippen molar-refractivity contribution in [2.24, 2.45) is 0 Å². The quantitative estimate of drug-likeness (QED) is 0.509. The summed E-state index contributed by atoms with van der Waals surface area (Å²) in [5.74, 6) is 0. The van der Waals surface area contributed by atoms with E-state index in [0.717, 1.165) is 5.33 Å². The number of carbonyl (C=O) groups is 1. The van der Waals surface area contributed by atoms with Gasteiger partial charge in [0.05, 0.1) is 6.61 Å². The Morgan fingerprint density at radius 2 is 2.44 bits per heavy atom. The Hall–Kier alpha value is -0.0900. The Bertz CT molecular complexity index is 76.6. The Balaban J connectivity index is 3.28. The molecule has 0 aromatic rings. The average Bonchev–Trinajstić information content (AvgIpc) is 1.88. The fourth-order valence-corrected chi connectivity index (χ4v) is 0.913. The van der Waals surface area contributed by atoms with Gasteiger partial charge in [-0.2, -0.15) is 0 Å². The summed E-state index contributed by atoms with van der Waals surface area (Å²) in [6, 6.07) is 0. The molecule has 9 heavy (non-hydrogen) atoms. The minimum absolute atomic E-state index is 0.107. The fraction of sp³-hybridized carbons (Fsp3) is 0.800. The van der Waals surface area contributed by atoms with Crippen molar-refractivity contribution in [2.75, 3.05) is 11.9 Å². The Morgan fingerprint density at radius 3 is 2.78 bits per heavy atom. The van der Waals surface area contributed by atoms with E-state index in [9.17, 15) is 4.79 Å². The average molecular weight is 197 g/mol. The van der Waals surface area contributed by atoms with Crippen LogP contribution in [0.5, 0.6) is 0 Å². The van der Waals surface area contributed by atoms with E-state index in [4.69, 9.17) is 5.11 Å². The maximum Gasteiger partial charge on any atom is 0.293 e. The van der Waals surface area contributed by atoms with Crippen LogP contribution in [-0.2, 0) is 9.53 Å². The van der Waals surface area contributed by atoms with Crippen LogP contribution in [-0.4, -0.2) is 29.6 Å². The third kappa shape index (κ3) is 4.42. The molecule has 0 fully saturated rings. The van der Waals surface area contributed by atoms with Crippen LogP contribution in [0.2, 0.25) is 0 Å². The Labute approximate surface area is 62.1 Å². The molecule has 0 saturated carbocycles. The van der Waals surface area contributed by atoms with Gasteiger partial charge < -0.3 is 9.84 Å². The third-order valence-electron chi connectivity index (χ3n) is 0.883. The topological polar surface area (TPSA) is 46.5 Å². The molecule has 0 radical (unpaired) electrons. The number of ether oxygens (including phenoxy) is 1. The van der Waals surface area contributed by atoms with E-state index in [0.29, 0.717) is 12.9 Å². The molecule has 0 bridgehead atoms. The maximum atomic E-state index is 9.70. The number of carbonyl (C=O) groups excluding carboxylic acids is 1. The monoisotopic (exact) mass is 196 g/mol. The first-order valence-electron chi connectivity index (χ1n) is 2.61. The van der Waals surface area contributed by atoms with Gasteiger partial charge in [0.25, 0.3) is 6.47 Å². The summed E-state index contributed by atoms with van der Waals surface area (Å²) >= 11 is 3.15.